The van der Waals surface area contributed by atoms with E-state index in [-0.39, 0.29) is 0 Å². The summed E-state index contributed by atoms with van der Waals surface area (Å²) >= 11 is 3.48. The van der Waals surface area contributed by atoms with Crippen LogP contribution in [0.3, 0.4) is 0 Å². The van der Waals surface area contributed by atoms with Crippen LogP contribution in [0, 0.1) is 12.3 Å². The average molecular weight is 445 g/mol. The van der Waals surface area contributed by atoms with E-state index < -0.39 is 5.91 Å². The second kappa shape index (κ2) is 7.46. The third kappa shape index (κ3) is 3.37. The maximum absolute atomic E-state index is 11.6. The van der Waals surface area contributed by atoms with Gasteiger partial charge in [-0.3, -0.25) is 9.69 Å². The van der Waals surface area contributed by atoms with E-state index in [0.717, 1.165) is 26.9 Å². The number of aromatic nitrogens is 2. The number of halogens is 1. The number of fused-ring (bicyclic) bond motifs is 1. The molecule has 142 valence electrons. The summed E-state index contributed by atoms with van der Waals surface area (Å²) in [6.45, 7) is 0. The van der Waals surface area contributed by atoms with Gasteiger partial charge in [0.1, 0.15) is 0 Å². The normalized spacial score (nSPS) is 10.7. The molecule has 0 bridgehead atoms. The lowest BCUT2D eigenvalue weighted by atomic mass is 10.1. The van der Waals surface area contributed by atoms with E-state index >= 15 is 0 Å². The lowest BCUT2D eigenvalue weighted by molar-refractivity contribution is 0.100. The number of benzene rings is 3. The molecule has 0 fully saturated rings. The van der Waals surface area contributed by atoms with Crippen molar-refractivity contribution < 1.29 is 4.79 Å². The molecule has 4 aromatic rings. The van der Waals surface area contributed by atoms with Crippen molar-refractivity contribution >= 4 is 50.2 Å². The number of amides is 1. The number of carbonyl (C=O) groups is 1. The van der Waals surface area contributed by atoms with Gasteiger partial charge < -0.3 is 10.3 Å². The number of carbonyl (C=O) groups excluding carboxylic acids is 1. The molecule has 0 aliphatic rings. The van der Waals surface area contributed by atoms with Crippen LogP contribution in [0.25, 0.3) is 11.0 Å². The van der Waals surface area contributed by atoms with Gasteiger partial charge >= 0.3 is 0 Å². The zero-order chi connectivity index (χ0) is 20.5. The lowest BCUT2D eigenvalue weighted by Crippen LogP contribution is -2.15. The summed E-state index contributed by atoms with van der Waals surface area (Å²) < 4.78 is 2.94. The largest absolute Gasteiger partial charge is 0.366 e. The van der Waals surface area contributed by atoms with Crippen LogP contribution in [0.5, 0.6) is 0 Å². The summed E-state index contributed by atoms with van der Waals surface area (Å²) in [7, 11) is 1.93. The van der Waals surface area contributed by atoms with Crippen LogP contribution in [0.1, 0.15) is 15.9 Å². The van der Waals surface area contributed by atoms with E-state index in [2.05, 4.69) is 21.9 Å². The molecule has 6 heteroatoms. The number of imidazole rings is 1. The quantitative estimate of drug-likeness (QED) is 0.455. The third-order valence-electron chi connectivity index (χ3n) is 4.73. The maximum atomic E-state index is 11.6. The summed E-state index contributed by atoms with van der Waals surface area (Å²) in [5.41, 5.74) is 9.91. The second-order valence-corrected chi connectivity index (χ2v) is 7.43. The minimum Gasteiger partial charge on any atom is -0.366 e. The highest BCUT2D eigenvalue weighted by molar-refractivity contribution is 9.10. The van der Waals surface area contributed by atoms with Crippen LogP contribution in [0.2, 0.25) is 0 Å². The number of primary amides is 1. The summed E-state index contributed by atoms with van der Waals surface area (Å²) in [6, 6.07) is 20.9. The first-order valence-corrected chi connectivity index (χ1v) is 9.66. The van der Waals surface area contributed by atoms with Gasteiger partial charge in [-0.2, -0.15) is 0 Å². The van der Waals surface area contributed by atoms with Crippen molar-refractivity contribution in [2.45, 2.75) is 0 Å². The fourth-order valence-corrected chi connectivity index (χ4v) is 3.55. The van der Waals surface area contributed by atoms with Crippen LogP contribution >= 0.6 is 15.9 Å². The first-order chi connectivity index (χ1) is 14.0. The van der Waals surface area contributed by atoms with E-state index in [4.69, 9.17) is 17.1 Å². The maximum Gasteiger partial charge on any atom is 0.248 e. The molecule has 3 aromatic carbocycles. The van der Waals surface area contributed by atoms with Crippen molar-refractivity contribution in [1.29, 1.82) is 0 Å². The number of nitrogens with zero attached hydrogens (tertiary/aromatic N) is 3. The van der Waals surface area contributed by atoms with Gasteiger partial charge in [0.15, 0.2) is 0 Å². The van der Waals surface area contributed by atoms with Gasteiger partial charge in [0.2, 0.25) is 11.9 Å². The minimum absolute atomic E-state index is 0.418. The Balaban J connectivity index is 1.99. The Morgan fingerprint density at radius 1 is 1.14 bits per heavy atom. The molecule has 1 aromatic heterocycles. The summed E-state index contributed by atoms with van der Waals surface area (Å²) in [4.78, 5) is 18.4. The molecule has 0 spiro atoms. The topological polar surface area (TPSA) is 64.2 Å². The van der Waals surface area contributed by atoms with Crippen molar-refractivity contribution in [1.82, 2.24) is 9.55 Å². The molecule has 2 N–H and O–H groups in total. The number of anilines is 3. The Kier molecular flexibility index (Phi) is 4.83. The Bertz CT molecular complexity index is 1270. The van der Waals surface area contributed by atoms with Crippen LogP contribution < -0.4 is 10.6 Å². The number of terminal acetylenes is 1. The molecule has 0 saturated carbocycles. The zero-order valence-electron chi connectivity index (χ0n) is 15.6. The van der Waals surface area contributed by atoms with Crippen molar-refractivity contribution in [2.75, 3.05) is 4.90 Å². The molecular weight excluding hydrogens is 428 g/mol. The highest BCUT2D eigenvalue weighted by Crippen LogP contribution is 2.37. The first-order valence-electron chi connectivity index (χ1n) is 8.87. The molecule has 29 heavy (non-hydrogen) atoms. The second-order valence-electron chi connectivity index (χ2n) is 6.51. The van der Waals surface area contributed by atoms with E-state index in [0.29, 0.717) is 17.0 Å². The van der Waals surface area contributed by atoms with Crippen molar-refractivity contribution in [2.24, 2.45) is 12.8 Å². The fourth-order valence-electron chi connectivity index (χ4n) is 3.28. The molecule has 0 unspecified atom stereocenters. The van der Waals surface area contributed by atoms with E-state index in [9.17, 15) is 4.79 Å². The first kappa shape index (κ1) is 18.8. The van der Waals surface area contributed by atoms with Crippen molar-refractivity contribution in [3.05, 3.63) is 82.3 Å². The predicted molar refractivity (Wildman–Crippen MR) is 120 cm³/mol. The van der Waals surface area contributed by atoms with E-state index in [1.807, 2.05) is 71.1 Å². The number of hydrogen-bond acceptors (Lipinski definition) is 3. The lowest BCUT2D eigenvalue weighted by Gasteiger charge is -2.25. The van der Waals surface area contributed by atoms with Crippen LogP contribution in [-0.4, -0.2) is 15.5 Å². The molecule has 0 saturated heterocycles. The van der Waals surface area contributed by atoms with Crippen LogP contribution in [-0.2, 0) is 7.05 Å². The SMILES string of the molecule is C#Cc1ccccc1N(c1ccc(Br)cc1)c1nc2cc(C(N)=O)ccc2n1C. The average Bonchev–Trinajstić information content (AvgIpc) is 3.05. The number of hydrogen-bond donors (Lipinski definition) is 1. The number of nitrogens with two attached hydrogens (primary N) is 1. The highest BCUT2D eigenvalue weighted by Gasteiger charge is 2.21. The standard InChI is InChI=1S/C23H17BrN4O/c1-3-15-6-4-5-7-20(15)28(18-11-9-17(24)10-12-18)23-26-19-14-16(22(25)29)8-13-21(19)27(23)2/h1,4-14H,2H3,(H2,25,29). The highest BCUT2D eigenvalue weighted by atomic mass is 79.9. The predicted octanol–water partition coefficient (Wildman–Crippen LogP) is 4.89. The molecule has 1 amide bonds. The number of para-hydroxylation sites is 1. The Hall–Kier alpha value is -3.56. The molecule has 5 nitrogen and oxygen atoms in total. The van der Waals surface area contributed by atoms with Crippen molar-refractivity contribution in [3.63, 3.8) is 0 Å². The molecular formula is C23H17BrN4O. The Morgan fingerprint density at radius 3 is 2.55 bits per heavy atom. The molecule has 0 aliphatic heterocycles. The molecule has 4 rings (SSSR count). The summed E-state index contributed by atoms with van der Waals surface area (Å²) in [5, 5.41) is 0. The van der Waals surface area contributed by atoms with Crippen molar-refractivity contribution in [3.8, 4) is 12.3 Å². The molecule has 1 heterocycles. The van der Waals surface area contributed by atoms with Gasteiger partial charge in [-0.25, -0.2) is 4.98 Å². The monoisotopic (exact) mass is 444 g/mol. The number of rotatable bonds is 4. The summed E-state index contributed by atoms with van der Waals surface area (Å²) in [5.74, 6) is 2.94. The summed E-state index contributed by atoms with van der Waals surface area (Å²) in [6.07, 6.45) is 5.77. The van der Waals surface area contributed by atoms with E-state index in [1.165, 1.54) is 0 Å². The molecule has 0 aliphatic carbocycles. The number of aryl methyl sites for hydroxylation is 1. The van der Waals surface area contributed by atoms with Gasteiger partial charge in [-0.05, 0) is 54.6 Å². The fraction of sp³-hybridized carbons (Fsp3) is 0.0435. The van der Waals surface area contributed by atoms with Gasteiger partial charge in [0.05, 0.1) is 16.7 Å². The third-order valence-corrected chi connectivity index (χ3v) is 5.26. The molecule has 0 radical (unpaired) electrons. The van der Waals surface area contributed by atoms with Gasteiger partial charge in [-0.1, -0.05) is 34.0 Å². The minimum atomic E-state index is -0.485. The van der Waals surface area contributed by atoms with Gasteiger partial charge in [-0.15, -0.1) is 6.42 Å². The van der Waals surface area contributed by atoms with E-state index in [1.54, 1.807) is 12.1 Å². The molecule has 0 atom stereocenters. The Morgan fingerprint density at radius 2 is 1.86 bits per heavy atom. The van der Waals surface area contributed by atoms with Crippen LogP contribution in [0.4, 0.5) is 17.3 Å². The van der Waals surface area contributed by atoms with Gasteiger partial charge in [0.25, 0.3) is 0 Å². The van der Waals surface area contributed by atoms with Gasteiger partial charge in [0, 0.05) is 28.3 Å². The van der Waals surface area contributed by atoms with Crippen LogP contribution in [0.15, 0.2) is 71.2 Å². The smallest absolute Gasteiger partial charge is 0.248 e. The zero-order valence-corrected chi connectivity index (χ0v) is 17.2. The Labute approximate surface area is 176 Å².